The number of hydrogen-bond donors (Lipinski definition) is 2. The van der Waals surface area contributed by atoms with Crippen LogP contribution in [0, 0.1) is 0 Å². The van der Waals surface area contributed by atoms with Gasteiger partial charge in [-0.1, -0.05) is 36.4 Å². The lowest BCUT2D eigenvalue weighted by Crippen LogP contribution is -2.26. The largest absolute Gasteiger partial charge is 0.396 e. The van der Waals surface area contributed by atoms with Crippen molar-refractivity contribution in [1.29, 1.82) is 0 Å². The molecule has 0 amide bonds. The van der Waals surface area contributed by atoms with E-state index in [-0.39, 0.29) is 6.61 Å². The van der Waals surface area contributed by atoms with Crippen LogP contribution < -0.4 is 5.32 Å². The van der Waals surface area contributed by atoms with Crippen molar-refractivity contribution in [2.75, 3.05) is 26.4 Å². The quantitative estimate of drug-likeness (QED) is 0.741. The molecule has 0 aliphatic carbocycles. The zero-order chi connectivity index (χ0) is 13.3. The number of hydrogen-bond acceptors (Lipinski definition) is 3. The first-order valence-electron chi connectivity index (χ1n) is 7.05. The molecule has 1 atom stereocenters. The van der Waals surface area contributed by atoms with E-state index in [0.29, 0.717) is 6.04 Å². The predicted molar refractivity (Wildman–Crippen MR) is 77.0 cm³/mol. The molecule has 3 nitrogen and oxygen atoms in total. The second-order valence-corrected chi connectivity index (χ2v) is 4.91. The normalized spacial score (nSPS) is 17.0. The molecule has 1 unspecified atom stereocenters. The highest BCUT2D eigenvalue weighted by molar-refractivity contribution is 5.19. The van der Waals surface area contributed by atoms with Gasteiger partial charge in [-0.05, 0) is 30.4 Å². The molecule has 1 aliphatic heterocycles. The van der Waals surface area contributed by atoms with Crippen LogP contribution in [0.25, 0.3) is 0 Å². The molecule has 3 heteroatoms. The Morgan fingerprint density at radius 3 is 2.79 bits per heavy atom. The first-order valence-corrected chi connectivity index (χ1v) is 7.05. The molecule has 1 aromatic carbocycles. The molecule has 0 spiro atoms. The molecule has 0 aromatic heterocycles. The fourth-order valence-corrected chi connectivity index (χ4v) is 2.35. The van der Waals surface area contributed by atoms with E-state index in [1.807, 2.05) is 6.07 Å². The van der Waals surface area contributed by atoms with Crippen LogP contribution in [-0.4, -0.2) is 31.5 Å². The number of aliphatic hydroxyl groups is 1. The Morgan fingerprint density at radius 2 is 2.11 bits per heavy atom. The average molecular weight is 261 g/mol. The fourth-order valence-electron chi connectivity index (χ4n) is 2.35. The first kappa shape index (κ1) is 14.3. The van der Waals surface area contributed by atoms with Gasteiger partial charge in [-0.25, -0.2) is 0 Å². The summed E-state index contributed by atoms with van der Waals surface area (Å²) in [7, 11) is 0. The van der Waals surface area contributed by atoms with E-state index >= 15 is 0 Å². The van der Waals surface area contributed by atoms with Crippen LogP contribution in [-0.2, 0) is 4.74 Å². The monoisotopic (exact) mass is 261 g/mol. The van der Waals surface area contributed by atoms with Crippen LogP contribution in [0.2, 0.25) is 0 Å². The third kappa shape index (κ3) is 4.78. The molecule has 0 saturated heterocycles. The van der Waals surface area contributed by atoms with Crippen LogP contribution in [0.15, 0.2) is 42.0 Å². The molecule has 0 fully saturated rings. The summed E-state index contributed by atoms with van der Waals surface area (Å²) in [6.07, 6.45) is 5.06. The molecule has 1 aliphatic rings. The Bertz CT molecular complexity index is 389. The Kier molecular flexibility index (Phi) is 6.08. The van der Waals surface area contributed by atoms with Gasteiger partial charge < -0.3 is 15.2 Å². The maximum absolute atomic E-state index is 9.02. The minimum Gasteiger partial charge on any atom is -0.396 e. The third-order valence-electron chi connectivity index (χ3n) is 3.41. The summed E-state index contributed by atoms with van der Waals surface area (Å²) >= 11 is 0. The topological polar surface area (TPSA) is 41.5 Å². The second-order valence-electron chi connectivity index (χ2n) is 4.91. The molecule has 2 rings (SSSR count). The van der Waals surface area contributed by atoms with Gasteiger partial charge in [-0.2, -0.15) is 0 Å². The zero-order valence-electron chi connectivity index (χ0n) is 11.3. The summed E-state index contributed by atoms with van der Waals surface area (Å²) in [5.41, 5.74) is 2.62. The van der Waals surface area contributed by atoms with E-state index in [2.05, 4.69) is 35.7 Å². The first-order chi connectivity index (χ1) is 9.40. The van der Waals surface area contributed by atoms with Crippen molar-refractivity contribution >= 4 is 0 Å². The highest BCUT2D eigenvalue weighted by Crippen LogP contribution is 2.18. The van der Waals surface area contributed by atoms with Crippen molar-refractivity contribution in [3.8, 4) is 0 Å². The van der Waals surface area contributed by atoms with E-state index in [1.54, 1.807) is 0 Å². The maximum atomic E-state index is 9.02. The number of rotatable bonds is 7. The Hall–Kier alpha value is -1.16. The summed E-state index contributed by atoms with van der Waals surface area (Å²) in [6, 6.07) is 10.7. The number of ether oxygens (including phenoxy) is 1. The average Bonchev–Trinajstić information content (AvgIpc) is 2.49. The molecule has 1 heterocycles. The van der Waals surface area contributed by atoms with Gasteiger partial charge in [-0.15, -0.1) is 0 Å². The highest BCUT2D eigenvalue weighted by Gasteiger charge is 2.11. The Morgan fingerprint density at radius 1 is 1.26 bits per heavy atom. The lowest BCUT2D eigenvalue weighted by molar-refractivity contribution is 0.148. The van der Waals surface area contributed by atoms with Gasteiger partial charge in [-0.3, -0.25) is 0 Å². The molecule has 0 bridgehead atoms. The molecule has 0 saturated carbocycles. The van der Waals surface area contributed by atoms with Gasteiger partial charge in [0.15, 0.2) is 0 Å². The van der Waals surface area contributed by atoms with Gasteiger partial charge in [0.2, 0.25) is 0 Å². The molecule has 104 valence electrons. The third-order valence-corrected chi connectivity index (χ3v) is 3.41. The lowest BCUT2D eigenvalue weighted by atomic mass is 10.0. The van der Waals surface area contributed by atoms with Gasteiger partial charge in [0.1, 0.15) is 0 Å². The smallest absolute Gasteiger partial charge is 0.0689 e. The molecular formula is C16H23NO2. The molecule has 2 N–H and O–H groups in total. The van der Waals surface area contributed by atoms with E-state index in [1.165, 1.54) is 11.1 Å². The van der Waals surface area contributed by atoms with Crippen LogP contribution in [0.1, 0.15) is 30.9 Å². The molecule has 1 aromatic rings. The van der Waals surface area contributed by atoms with Gasteiger partial charge in [0.25, 0.3) is 0 Å². The molecular weight excluding hydrogens is 238 g/mol. The van der Waals surface area contributed by atoms with E-state index in [9.17, 15) is 0 Å². The van der Waals surface area contributed by atoms with Crippen molar-refractivity contribution in [3.63, 3.8) is 0 Å². The maximum Gasteiger partial charge on any atom is 0.0689 e. The van der Waals surface area contributed by atoms with Crippen molar-refractivity contribution in [1.82, 2.24) is 5.32 Å². The molecule has 19 heavy (non-hydrogen) atoms. The zero-order valence-corrected chi connectivity index (χ0v) is 11.3. The minimum atomic E-state index is 0.247. The van der Waals surface area contributed by atoms with Crippen LogP contribution >= 0.6 is 0 Å². The van der Waals surface area contributed by atoms with Gasteiger partial charge >= 0.3 is 0 Å². The standard InChI is InChI=1S/C16H23NO2/c18-10-4-9-16(15-7-2-1-3-8-15)17-12-14-6-5-11-19-13-14/h1-3,6-8,16-18H,4-5,9-13H2. The minimum absolute atomic E-state index is 0.247. The van der Waals surface area contributed by atoms with Crippen LogP contribution in [0.4, 0.5) is 0 Å². The molecule has 0 radical (unpaired) electrons. The van der Waals surface area contributed by atoms with Crippen molar-refractivity contribution in [2.24, 2.45) is 0 Å². The van der Waals surface area contributed by atoms with Crippen molar-refractivity contribution in [2.45, 2.75) is 25.3 Å². The number of aliphatic hydroxyl groups excluding tert-OH is 1. The Balaban J connectivity index is 1.92. The fraction of sp³-hybridized carbons (Fsp3) is 0.500. The van der Waals surface area contributed by atoms with Gasteiger partial charge in [0, 0.05) is 19.2 Å². The van der Waals surface area contributed by atoms with Crippen LogP contribution in [0.3, 0.4) is 0 Å². The summed E-state index contributed by atoms with van der Waals surface area (Å²) in [4.78, 5) is 0. The van der Waals surface area contributed by atoms with E-state index in [0.717, 1.165) is 39.0 Å². The summed E-state index contributed by atoms with van der Waals surface area (Å²) in [5, 5.41) is 12.6. The summed E-state index contributed by atoms with van der Waals surface area (Å²) in [6.45, 7) is 2.70. The van der Waals surface area contributed by atoms with E-state index < -0.39 is 0 Å². The lowest BCUT2D eigenvalue weighted by Gasteiger charge is -2.21. The van der Waals surface area contributed by atoms with Gasteiger partial charge in [0.05, 0.1) is 13.2 Å². The van der Waals surface area contributed by atoms with Crippen LogP contribution in [0.5, 0.6) is 0 Å². The predicted octanol–water partition coefficient (Wildman–Crippen LogP) is 2.44. The number of nitrogens with one attached hydrogen (secondary N) is 1. The van der Waals surface area contributed by atoms with Crippen molar-refractivity contribution < 1.29 is 9.84 Å². The number of benzene rings is 1. The SMILES string of the molecule is OCCCC(NCC1=CCCOC1)c1ccccc1. The Labute approximate surface area is 115 Å². The second kappa shape index (κ2) is 8.10. The summed E-state index contributed by atoms with van der Waals surface area (Å²) in [5.74, 6) is 0. The van der Waals surface area contributed by atoms with Crippen molar-refractivity contribution in [3.05, 3.63) is 47.5 Å². The van der Waals surface area contributed by atoms with E-state index in [4.69, 9.17) is 9.84 Å². The summed E-state index contributed by atoms with van der Waals surface area (Å²) < 4.78 is 5.45. The highest BCUT2D eigenvalue weighted by atomic mass is 16.5.